The molecule has 0 bridgehead atoms. The van der Waals surface area contributed by atoms with Gasteiger partial charge < -0.3 is 5.32 Å². The lowest BCUT2D eigenvalue weighted by atomic mass is 10.2. The van der Waals surface area contributed by atoms with Gasteiger partial charge in [-0.1, -0.05) is 18.2 Å². The van der Waals surface area contributed by atoms with Crippen molar-refractivity contribution in [2.24, 2.45) is 0 Å². The Morgan fingerprint density at radius 2 is 2.08 bits per heavy atom. The number of alkyl halides is 1. The highest BCUT2D eigenvalue weighted by atomic mass is 35.5. The Bertz CT molecular complexity index is 274. The second-order valence-corrected chi connectivity index (χ2v) is 3.20. The normalized spacial score (nSPS) is 12.2. The highest BCUT2D eigenvalue weighted by Crippen LogP contribution is 1.98. The van der Waals surface area contributed by atoms with Gasteiger partial charge in [-0.3, -0.25) is 4.79 Å². The summed E-state index contributed by atoms with van der Waals surface area (Å²) in [6.45, 7) is 1.87. The van der Waals surface area contributed by atoms with Crippen molar-refractivity contribution in [2.75, 3.05) is 5.88 Å². The molecule has 1 unspecified atom stereocenters. The smallest absolute Gasteiger partial charge is 0.251 e. The van der Waals surface area contributed by atoms with Gasteiger partial charge in [0.2, 0.25) is 0 Å². The standard InChI is InChI=1S/C10H12ClNO/c1-8(7-11)12-10(13)9-5-3-2-4-6-9/h2-6,8H,7H2,1H3,(H,12,13). The molecule has 1 aromatic rings. The molecule has 3 heteroatoms. The zero-order chi connectivity index (χ0) is 9.68. The monoisotopic (exact) mass is 197 g/mol. The molecule has 1 N–H and O–H groups in total. The number of halogens is 1. The summed E-state index contributed by atoms with van der Waals surface area (Å²) in [4.78, 5) is 11.4. The Labute approximate surface area is 82.9 Å². The molecule has 0 aromatic heterocycles. The Balaban J connectivity index is 2.59. The maximum absolute atomic E-state index is 11.4. The molecule has 0 saturated carbocycles. The van der Waals surface area contributed by atoms with E-state index in [2.05, 4.69) is 5.32 Å². The number of carbonyl (C=O) groups is 1. The van der Waals surface area contributed by atoms with Gasteiger partial charge in [0, 0.05) is 17.5 Å². The van der Waals surface area contributed by atoms with E-state index in [1.54, 1.807) is 12.1 Å². The van der Waals surface area contributed by atoms with Gasteiger partial charge in [0.25, 0.3) is 5.91 Å². The molecule has 0 saturated heterocycles. The van der Waals surface area contributed by atoms with Crippen LogP contribution in [0, 0.1) is 0 Å². The van der Waals surface area contributed by atoms with E-state index >= 15 is 0 Å². The van der Waals surface area contributed by atoms with E-state index in [-0.39, 0.29) is 11.9 Å². The van der Waals surface area contributed by atoms with Crippen molar-refractivity contribution < 1.29 is 4.79 Å². The van der Waals surface area contributed by atoms with Gasteiger partial charge in [0.05, 0.1) is 0 Å². The number of benzene rings is 1. The highest BCUT2D eigenvalue weighted by Gasteiger charge is 2.07. The van der Waals surface area contributed by atoms with Crippen LogP contribution in [-0.2, 0) is 0 Å². The molecule has 0 radical (unpaired) electrons. The van der Waals surface area contributed by atoms with Crippen LogP contribution in [0.1, 0.15) is 17.3 Å². The van der Waals surface area contributed by atoms with Gasteiger partial charge in [-0.05, 0) is 19.1 Å². The van der Waals surface area contributed by atoms with Crippen LogP contribution in [0.5, 0.6) is 0 Å². The van der Waals surface area contributed by atoms with Crippen LogP contribution in [-0.4, -0.2) is 17.8 Å². The van der Waals surface area contributed by atoms with Crippen LogP contribution in [0.2, 0.25) is 0 Å². The number of hydrogen-bond donors (Lipinski definition) is 1. The summed E-state index contributed by atoms with van der Waals surface area (Å²) in [6.07, 6.45) is 0. The zero-order valence-electron chi connectivity index (χ0n) is 7.46. The van der Waals surface area contributed by atoms with Crippen LogP contribution >= 0.6 is 11.6 Å². The van der Waals surface area contributed by atoms with Crippen LogP contribution in [0.3, 0.4) is 0 Å². The maximum atomic E-state index is 11.4. The predicted octanol–water partition coefficient (Wildman–Crippen LogP) is 2.04. The number of rotatable bonds is 3. The molecule has 0 fully saturated rings. The van der Waals surface area contributed by atoms with Crippen molar-refractivity contribution in [1.82, 2.24) is 5.32 Å². The first kappa shape index (κ1) is 10.1. The van der Waals surface area contributed by atoms with E-state index in [0.717, 1.165) is 0 Å². The van der Waals surface area contributed by atoms with Crippen LogP contribution in [0.4, 0.5) is 0 Å². The molecule has 0 aliphatic carbocycles. The summed E-state index contributed by atoms with van der Waals surface area (Å²) >= 11 is 5.57. The fraction of sp³-hybridized carbons (Fsp3) is 0.300. The summed E-state index contributed by atoms with van der Waals surface area (Å²) < 4.78 is 0. The van der Waals surface area contributed by atoms with Crippen molar-refractivity contribution in [3.8, 4) is 0 Å². The lowest BCUT2D eigenvalue weighted by Crippen LogP contribution is -2.33. The van der Waals surface area contributed by atoms with E-state index in [4.69, 9.17) is 11.6 Å². The number of hydrogen-bond acceptors (Lipinski definition) is 1. The third-order valence-corrected chi connectivity index (χ3v) is 2.11. The van der Waals surface area contributed by atoms with Crippen molar-refractivity contribution in [3.05, 3.63) is 35.9 Å². The van der Waals surface area contributed by atoms with Crippen molar-refractivity contribution >= 4 is 17.5 Å². The average molecular weight is 198 g/mol. The van der Waals surface area contributed by atoms with E-state index in [1.807, 2.05) is 25.1 Å². The summed E-state index contributed by atoms with van der Waals surface area (Å²) in [5, 5.41) is 2.77. The number of nitrogens with one attached hydrogen (secondary N) is 1. The van der Waals surface area contributed by atoms with Crippen molar-refractivity contribution in [3.63, 3.8) is 0 Å². The van der Waals surface area contributed by atoms with Crippen molar-refractivity contribution in [1.29, 1.82) is 0 Å². The zero-order valence-corrected chi connectivity index (χ0v) is 8.21. The fourth-order valence-electron chi connectivity index (χ4n) is 0.935. The molecule has 1 aromatic carbocycles. The quantitative estimate of drug-likeness (QED) is 0.739. The summed E-state index contributed by atoms with van der Waals surface area (Å²) in [6, 6.07) is 9.10. The second kappa shape index (κ2) is 4.87. The molecule has 0 aliphatic heterocycles. The third-order valence-electron chi connectivity index (χ3n) is 1.64. The van der Waals surface area contributed by atoms with Gasteiger partial charge in [-0.25, -0.2) is 0 Å². The Morgan fingerprint density at radius 3 is 2.62 bits per heavy atom. The van der Waals surface area contributed by atoms with E-state index in [0.29, 0.717) is 11.4 Å². The third kappa shape index (κ3) is 3.07. The van der Waals surface area contributed by atoms with E-state index < -0.39 is 0 Å². The lowest BCUT2D eigenvalue weighted by molar-refractivity contribution is 0.0943. The van der Waals surface area contributed by atoms with Crippen LogP contribution < -0.4 is 5.32 Å². The molecule has 1 atom stereocenters. The Morgan fingerprint density at radius 1 is 1.46 bits per heavy atom. The van der Waals surface area contributed by atoms with Crippen LogP contribution in [0.15, 0.2) is 30.3 Å². The first-order valence-electron chi connectivity index (χ1n) is 4.16. The molecule has 13 heavy (non-hydrogen) atoms. The molecule has 0 aliphatic rings. The minimum absolute atomic E-state index is 0.00868. The predicted molar refractivity (Wildman–Crippen MR) is 54.1 cm³/mol. The van der Waals surface area contributed by atoms with Crippen LogP contribution in [0.25, 0.3) is 0 Å². The van der Waals surface area contributed by atoms with Gasteiger partial charge in [-0.2, -0.15) is 0 Å². The van der Waals surface area contributed by atoms with E-state index in [1.165, 1.54) is 0 Å². The molecular formula is C10H12ClNO. The summed E-state index contributed by atoms with van der Waals surface area (Å²) in [7, 11) is 0. The molecule has 1 rings (SSSR count). The number of amides is 1. The molecule has 0 spiro atoms. The second-order valence-electron chi connectivity index (χ2n) is 2.89. The lowest BCUT2D eigenvalue weighted by Gasteiger charge is -2.09. The molecule has 70 valence electrons. The number of carbonyl (C=O) groups excluding carboxylic acids is 1. The minimum atomic E-state index is -0.0752. The maximum Gasteiger partial charge on any atom is 0.251 e. The SMILES string of the molecule is CC(CCl)NC(=O)c1ccccc1. The summed E-state index contributed by atoms with van der Waals surface area (Å²) in [5.74, 6) is 0.354. The van der Waals surface area contributed by atoms with E-state index in [9.17, 15) is 4.79 Å². The molecule has 1 amide bonds. The minimum Gasteiger partial charge on any atom is -0.348 e. The molecule has 0 heterocycles. The Kier molecular flexibility index (Phi) is 3.77. The van der Waals surface area contributed by atoms with Crippen molar-refractivity contribution in [2.45, 2.75) is 13.0 Å². The van der Waals surface area contributed by atoms with Gasteiger partial charge >= 0.3 is 0 Å². The highest BCUT2D eigenvalue weighted by molar-refractivity contribution is 6.18. The first-order valence-corrected chi connectivity index (χ1v) is 4.69. The largest absolute Gasteiger partial charge is 0.348 e. The topological polar surface area (TPSA) is 29.1 Å². The average Bonchev–Trinajstić information content (AvgIpc) is 2.19. The summed E-state index contributed by atoms with van der Waals surface area (Å²) in [5.41, 5.74) is 0.666. The van der Waals surface area contributed by atoms with Gasteiger partial charge in [0.15, 0.2) is 0 Å². The molecular weight excluding hydrogens is 186 g/mol. The fourth-order valence-corrected chi connectivity index (χ4v) is 1.01. The van der Waals surface area contributed by atoms with Gasteiger partial charge in [-0.15, -0.1) is 11.6 Å². The molecule has 2 nitrogen and oxygen atoms in total. The van der Waals surface area contributed by atoms with Gasteiger partial charge in [0.1, 0.15) is 0 Å². The Hall–Kier alpha value is -1.02. The first-order chi connectivity index (χ1) is 6.24.